The van der Waals surface area contributed by atoms with Gasteiger partial charge in [0.05, 0.1) is 28.4 Å². The third kappa shape index (κ3) is 3.21. The molecule has 2 rings (SSSR count). The molecule has 6 nitrogen and oxygen atoms in total. The number of hydrogen-bond donors (Lipinski definition) is 0. The highest BCUT2D eigenvalue weighted by molar-refractivity contribution is 6.01. The van der Waals surface area contributed by atoms with E-state index in [1.807, 2.05) is 6.07 Å². The molecule has 0 bridgehead atoms. The summed E-state index contributed by atoms with van der Waals surface area (Å²) >= 11 is 0. The normalized spacial score (nSPS) is 17.8. The molecule has 1 atom stereocenters. The van der Waals surface area contributed by atoms with Gasteiger partial charge in [0.2, 0.25) is 0 Å². The van der Waals surface area contributed by atoms with Crippen molar-refractivity contribution in [1.29, 1.82) is 0 Å². The van der Waals surface area contributed by atoms with Gasteiger partial charge in [-0.1, -0.05) is 6.08 Å². The first-order chi connectivity index (χ1) is 12.0. The van der Waals surface area contributed by atoms with Crippen LogP contribution in [0.3, 0.4) is 0 Å². The van der Waals surface area contributed by atoms with Crippen molar-refractivity contribution in [3.05, 3.63) is 35.9 Å². The highest BCUT2D eigenvalue weighted by atomic mass is 16.5. The van der Waals surface area contributed by atoms with E-state index in [4.69, 9.17) is 18.9 Å². The average Bonchev–Trinajstić information content (AvgIpc) is 2.65. The van der Waals surface area contributed by atoms with Crippen LogP contribution in [0.2, 0.25) is 0 Å². The van der Waals surface area contributed by atoms with Crippen molar-refractivity contribution >= 4 is 11.9 Å². The van der Waals surface area contributed by atoms with Crippen LogP contribution in [-0.4, -0.2) is 40.4 Å². The molecule has 0 N–H and O–H groups in total. The van der Waals surface area contributed by atoms with Gasteiger partial charge in [-0.3, -0.25) is 9.59 Å². The Balaban J connectivity index is 2.68. The number of fused-ring (bicyclic) bond motifs is 1. The number of esters is 2. The minimum absolute atomic E-state index is 0.125. The highest BCUT2D eigenvalue weighted by Crippen LogP contribution is 2.49. The summed E-state index contributed by atoms with van der Waals surface area (Å²) in [6.45, 7) is 3.80. The fourth-order valence-electron chi connectivity index (χ4n) is 3.66. The van der Waals surface area contributed by atoms with Crippen molar-refractivity contribution < 1.29 is 28.5 Å². The molecule has 0 aliphatic heterocycles. The van der Waals surface area contributed by atoms with Gasteiger partial charge in [0.25, 0.3) is 0 Å². The Morgan fingerprint density at radius 2 is 1.80 bits per heavy atom. The molecule has 0 radical (unpaired) electrons. The van der Waals surface area contributed by atoms with Crippen LogP contribution in [0.25, 0.3) is 0 Å². The largest absolute Gasteiger partial charge is 0.497 e. The summed E-state index contributed by atoms with van der Waals surface area (Å²) in [5.41, 5.74) is 0.387. The number of carbonyl (C=O) groups is 2. The second kappa shape index (κ2) is 7.59. The number of methoxy groups -OCH3 is 4. The molecule has 25 heavy (non-hydrogen) atoms. The molecule has 0 spiro atoms. The standard InChI is InChI=1S/C19H24O6/c1-6-7-12-10-19(17(20)24-4,18(21)25-5)11-13-8-14(22-2)9-15(23-3)16(12)13/h6,8-9,12H,1,7,10-11H2,2-5H3. The number of benzene rings is 1. The van der Waals surface area contributed by atoms with Crippen LogP contribution < -0.4 is 9.47 Å². The van der Waals surface area contributed by atoms with Gasteiger partial charge in [-0.05, 0) is 36.8 Å². The van der Waals surface area contributed by atoms with Gasteiger partial charge in [0.15, 0.2) is 5.41 Å². The van der Waals surface area contributed by atoms with Gasteiger partial charge in [-0.2, -0.15) is 0 Å². The van der Waals surface area contributed by atoms with Gasteiger partial charge in [-0.15, -0.1) is 6.58 Å². The lowest BCUT2D eigenvalue weighted by molar-refractivity contribution is -0.170. The molecule has 0 amide bonds. The number of allylic oxidation sites excluding steroid dienone is 1. The summed E-state index contributed by atoms with van der Waals surface area (Å²) in [6.07, 6.45) is 2.80. The number of rotatable bonds is 6. The van der Waals surface area contributed by atoms with E-state index in [1.54, 1.807) is 26.4 Å². The molecule has 0 aromatic heterocycles. The number of ether oxygens (including phenoxy) is 4. The topological polar surface area (TPSA) is 71.1 Å². The molecule has 1 aromatic rings. The van der Waals surface area contributed by atoms with E-state index in [9.17, 15) is 9.59 Å². The Bertz CT molecular complexity index is 663. The smallest absolute Gasteiger partial charge is 0.323 e. The Morgan fingerprint density at radius 1 is 1.16 bits per heavy atom. The molecule has 6 heteroatoms. The number of carbonyl (C=O) groups excluding carboxylic acids is 2. The minimum atomic E-state index is -1.39. The summed E-state index contributed by atoms with van der Waals surface area (Å²) in [6, 6.07) is 3.63. The van der Waals surface area contributed by atoms with Gasteiger partial charge in [0, 0.05) is 11.6 Å². The first-order valence-corrected chi connectivity index (χ1v) is 7.99. The second-order valence-corrected chi connectivity index (χ2v) is 6.07. The maximum Gasteiger partial charge on any atom is 0.323 e. The Kier molecular flexibility index (Phi) is 5.72. The number of hydrogen-bond acceptors (Lipinski definition) is 6. The third-order valence-corrected chi connectivity index (χ3v) is 4.76. The van der Waals surface area contributed by atoms with Gasteiger partial charge in [0.1, 0.15) is 11.5 Å². The van der Waals surface area contributed by atoms with Crippen LogP contribution >= 0.6 is 0 Å². The fraction of sp³-hybridized carbons (Fsp3) is 0.474. The summed E-state index contributed by atoms with van der Waals surface area (Å²) < 4.78 is 20.7. The molecule has 0 saturated carbocycles. The maximum atomic E-state index is 12.5. The predicted octanol–water partition coefficient (Wildman–Crippen LogP) is 2.64. The van der Waals surface area contributed by atoms with E-state index in [0.29, 0.717) is 17.9 Å². The van der Waals surface area contributed by atoms with E-state index in [0.717, 1.165) is 11.1 Å². The quantitative estimate of drug-likeness (QED) is 0.447. The zero-order valence-electron chi connectivity index (χ0n) is 15.1. The second-order valence-electron chi connectivity index (χ2n) is 6.07. The van der Waals surface area contributed by atoms with E-state index < -0.39 is 17.4 Å². The average molecular weight is 348 g/mol. The molecule has 1 aliphatic rings. The van der Waals surface area contributed by atoms with Gasteiger partial charge >= 0.3 is 11.9 Å². The molecule has 0 heterocycles. The molecule has 1 aromatic carbocycles. The molecule has 136 valence electrons. The molecule has 1 aliphatic carbocycles. The van der Waals surface area contributed by atoms with Crippen LogP contribution in [0.1, 0.15) is 29.9 Å². The third-order valence-electron chi connectivity index (χ3n) is 4.76. The van der Waals surface area contributed by atoms with Crippen molar-refractivity contribution in [3.63, 3.8) is 0 Å². The SMILES string of the molecule is C=CCC1CC(C(=O)OC)(C(=O)OC)Cc2cc(OC)cc(OC)c21. The zero-order chi connectivity index (χ0) is 18.6. The summed E-state index contributed by atoms with van der Waals surface area (Å²) in [4.78, 5) is 25.1. The summed E-state index contributed by atoms with van der Waals surface area (Å²) in [5, 5.41) is 0. The molecular formula is C19H24O6. The lowest BCUT2D eigenvalue weighted by Crippen LogP contribution is -2.46. The molecule has 0 saturated heterocycles. The first-order valence-electron chi connectivity index (χ1n) is 7.99. The van der Waals surface area contributed by atoms with Crippen LogP contribution in [-0.2, 0) is 25.5 Å². The van der Waals surface area contributed by atoms with Crippen LogP contribution in [0, 0.1) is 5.41 Å². The van der Waals surface area contributed by atoms with E-state index in [-0.39, 0.29) is 18.8 Å². The van der Waals surface area contributed by atoms with Gasteiger partial charge < -0.3 is 18.9 Å². The van der Waals surface area contributed by atoms with Crippen molar-refractivity contribution in [2.45, 2.75) is 25.2 Å². The lowest BCUT2D eigenvalue weighted by atomic mass is 9.65. The van der Waals surface area contributed by atoms with Crippen molar-refractivity contribution in [3.8, 4) is 11.5 Å². The Labute approximate surface area is 147 Å². The monoisotopic (exact) mass is 348 g/mol. The maximum absolute atomic E-state index is 12.5. The van der Waals surface area contributed by atoms with Crippen molar-refractivity contribution in [1.82, 2.24) is 0 Å². The Hall–Kier alpha value is -2.50. The molecular weight excluding hydrogens is 324 g/mol. The van der Waals surface area contributed by atoms with Crippen LogP contribution in [0.4, 0.5) is 0 Å². The minimum Gasteiger partial charge on any atom is -0.497 e. The van der Waals surface area contributed by atoms with E-state index in [1.165, 1.54) is 14.2 Å². The van der Waals surface area contributed by atoms with Crippen molar-refractivity contribution in [2.75, 3.05) is 28.4 Å². The van der Waals surface area contributed by atoms with Crippen molar-refractivity contribution in [2.24, 2.45) is 5.41 Å². The van der Waals surface area contributed by atoms with Crippen LogP contribution in [0.5, 0.6) is 11.5 Å². The predicted molar refractivity (Wildman–Crippen MR) is 91.9 cm³/mol. The Morgan fingerprint density at radius 3 is 2.28 bits per heavy atom. The highest BCUT2D eigenvalue weighted by Gasteiger charge is 2.53. The van der Waals surface area contributed by atoms with E-state index >= 15 is 0 Å². The molecule has 1 unspecified atom stereocenters. The van der Waals surface area contributed by atoms with Gasteiger partial charge in [-0.25, -0.2) is 0 Å². The summed E-state index contributed by atoms with van der Waals surface area (Å²) in [7, 11) is 5.69. The zero-order valence-corrected chi connectivity index (χ0v) is 15.1. The molecule has 0 fully saturated rings. The lowest BCUT2D eigenvalue weighted by Gasteiger charge is -2.38. The summed E-state index contributed by atoms with van der Waals surface area (Å²) in [5.74, 6) is -0.0509. The first kappa shape index (κ1) is 18.8. The fourth-order valence-corrected chi connectivity index (χ4v) is 3.66. The van der Waals surface area contributed by atoms with Crippen LogP contribution in [0.15, 0.2) is 24.8 Å². The van der Waals surface area contributed by atoms with E-state index in [2.05, 4.69) is 6.58 Å².